The van der Waals surface area contributed by atoms with Crippen molar-refractivity contribution in [3.05, 3.63) is 56.3 Å². The lowest BCUT2D eigenvalue weighted by atomic mass is 10.1. The Morgan fingerprint density at radius 2 is 1.86 bits per heavy atom. The first-order valence-corrected chi connectivity index (χ1v) is 8.17. The van der Waals surface area contributed by atoms with Gasteiger partial charge in [-0.2, -0.15) is 0 Å². The van der Waals surface area contributed by atoms with Crippen molar-refractivity contribution >= 4 is 51.6 Å². The van der Waals surface area contributed by atoms with E-state index in [-0.39, 0.29) is 11.0 Å². The summed E-state index contributed by atoms with van der Waals surface area (Å²) in [6.07, 6.45) is 1.74. The number of halogens is 1. The third-order valence-corrected chi connectivity index (χ3v) is 4.07. The molecule has 0 atom stereocenters. The lowest BCUT2D eigenvalue weighted by molar-refractivity contribution is 0.0977. The molecule has 0 aliphatic heterocycles. The predicted molar refractivity (Wildman–Crippen MR) is 101 cm³/mol. The molecule has 0 fully saturated rings. The van der Waals surface area contributed by atoms with Crippen LogP contribution in [0, 0.1) is 24.3 Å². The Kier molecular flexibility index (Phi) is 5.47. The number of nitrogens with zero attached hydrogens (tertiary/aromatic N) is 1. The van der Waals surface area contributed by atoms with Crippen LogP contribution < -0.4 is 10.6 Å². The number of carbonyl (C=O) groups is 1. The van der Waals surface area contributed by atoms with Gasteiger partial charge in [0.25, 0.3) is 5.91 Å². The molecule has 114 valence electrons. The molecular formula is C16H16IN3OS. The average Bonchev–Trinajstić information content (AvgIpc) is 2.45. The Bertz CT molecular complexity index is 746. The van der Waals surface area contributed by atoms with Crippen molar-refractivity contribution in [1.82, 2.24) is 10.3 Å². The van der Waals surface area contributed by atoms with Gasteiger partial charge in [-0.15, -0.1) is 0 Å². The first-order valence-electron chi connectivity index (χ1n) is 6.68. The minimum Gasteiger partial charge on any atom is -0.317 e. The highest BCUT2D eigenvalue weighted by Crippen LogP contribution is 2.14. The quantitative estimate of drug-likeness (QED) is 0.569. The van der Waals surface area contributed by atoms with E-state index in [0.29, 0.717) is 11.4 Å². The van der Waals surface area contributed by atoms with Crippen LogP contribution in [0.5, 0.6) is 0 Å². The van der Waals surface area contributed by atoms with Gasteiger partial charge in [0.1, 0.15) is 5.82 Å². The fraction of sp³-hybridized carbons (Fsp3) is 0.188. The van der Waals surface area contributed by atoms with Gasteiger partial charge in [-0.25, -0.2) is 4.98 Å². The van der Waals surface area contributed by atoms with Crippen LogP contribution in [0.1, 0.15) is 27.0 Å². The number of benzene rings is 1. The molecule has 22 heavy (non-hydrogen) atoms. The Morgan fingerprint density at radius 3 is 2.50 bits per heavy atom. The molecule has 2 rings (SSSR count). The summed E-state index contributed by atoms with van der Waals surface area (Å²) in [6, 6.07) is 7.55. The molecule has 1 amide bonds. The van der Waals surface area contributed by atoms with Crippen LogP contribution >= 0.6 is 34.8 Å². The molecule has 0 spiro atoms. The number of thiocarbonyl (C=S) groups is 1. The van der Waals surface area contributed by atoms with Gasteiger partial charge in [0, 0.05) is 15.3 Å². The molecule has 6 heteroatoms. The molecular weight excluding hydrogens is 409 g/mol. The van der Waals surface area contributed by atoms with Crippen LogP contribution in [-0.2, 0) is 0 Å². The molecule has 0 bridgehead atoms. The molecule has 0 saturated heterocycles. The van der Waals surface area contributed by atoms with E-state index in [1.54, 1.807) is 12.3 Å². The van der Waals surface area contributed by atoms with Crippen molar-refractivity contribution in [2.45, 2.75) is 20.8 Å². The summed E-state index contributed by atoms with van der Waals surface area (Å²) < 4.78 is 1.05. The van der Waals surface area contributed by atoms with E-state index in [1.807, 2.05) is 39.0 Å². The number of aromatic nitrogens is 1. The fourth-order valence-electron chi connectivity index (χ4n) is 1.87. The van der Waals surface area contributed by atoms with Crippen LogP contribution in [0.3, 0.4) is 0 Å². The molecule has 0 aliphatic rings. The number of hydrogen-bond donors (Lipinski definition) is 2. The second kappa shape index (κ2) is 7.15. The van der Waals surface area contributed by atoms with Crippen LogP contribution in [0.15, 0.2) is 30.5 Å². The van der Waals surface area contributed by atoms with E-state index in [2.05, 4.69) is 38.2 Å². The van der Waals surface area contributed by atoms with Crippen molar-refractivity contribution in [2.75, 3.05) is 5.32 Å². The third-order valence-electron chi connectivity index (χ3n) is 3.27. The van der Waals surface area contributed by atoms with Gasteiger partial charge in [-0.1, -0.05) is 6.07 Å². The van der Waals surface area contributed by atoms with Gasteiger partial charge >= 0.3 is 0 Å². The van der Waals surface area contributed by atoms with Crippen LogP contribution in [-0.4, -0.2) is 16.0 Å². The molecule has 0 unspecified atom stereocenters. The zero-order valence-electron chi connectivity index (χ0n) is 12.5. The summed E-state index contributed by atoms with van der Waals surface area (Å²) in [5.74, 6) is 0.412. The van der Waals surface area contributed by atoms with E-state index >= 15 is 0 Å². The van der Waals surface area contributed by atoms with Gasteiger partial charge in [0.15, 0.2) is 5.11 Å². The maximum atomic E-state index is 12.2. The predicted octanol–water partition coefficient (Wildman–Crippen LogP) is 3.74. The van der Waals surface area contributed by atoms with E-state index in [4.69, 9.17) is 12.2 Å². The molecule has 0 radical (unpaired) electrons. The number of carbonyl (C=O) groups excluding carboxylic acids is 1. The minimum atomic E-state index is -0.233. The fourth-order valence-corrected chi connectivity index (χ4v) is 2.66. The monoisotopic (exact) mass is 425 g/mol. The molecule has 2 N–H and O–H groups in total. The molecule has 1 aromatic heterocycles. The summed E-state index contributed by atoms with van der Waals surface area (Å²) in [5, 5.41) is 5.86. The van der Waals surface area contributed by atoms with Gasteiger partial charge in [0.05, 0.1) is 0 Å². The summed E-state index contributed by atoms with van der Waals surface area (Å²) in [7, 11) is 0. The third kappa shape index (κ3) is 4.23. The smallest absolute Gasteiger partial charge is 0.257 e. The standard InChI is InChI=1S/C16H16IN3OS/c1-9-4-5-12(6-10(9)2)15(21)20-16(22)19-14-11(3)7-13(17)8-18-14/h4-8H,1-3H3,(H2,18,19,20,21,22). The second-order valence-electron chi connectivity index (χ2n) is 5.03. The maximum absolute atomic E-state index is 12.2. The first kappa shape index (κ1) is 16.8. The molecule has 0 saturated carbocycles. The van der Waals surface area contributed by atoms with E-state index in [9.17, 15) is 4.79 Å². The summed E-state index contributed by atoms with van der Waals surface area (Å²) >= 11 is 7.37. The molecule has 1 heterocycles. The highest BCUT2D eigenvalue weighted by molar-refractivity contribution is 14.1. The minimum absolute atomic E-state index is 0.233. The summed E-state index contributed by atoms with van der Waals surface area (Å²) in [5.41, 5.74) is 3.77. The zero-order valence-corrected chi connectivity index (χ0v) is 15.5. The number of aryl methyl sites for hydroxylation is 3. The number of nitrogens with one attached hydrogen (secondary N) is 2. The van der Waals surface area contributed by atoms with Gasteiger partial charge in [0.2, 0.25) is 0 Å². The van der Waals surface area contributed by atoms with Crippen molar-refractivity contribution in [3.8, 4) is 0 Å². The summed E-state index contributed by atoms with van der Waals surface area (Å²) in [6.45, 7) is 5.92. The Hall–Kier alpha value is -1.54. The topological polar surface area (TPSA) is 54.0 Å². The molecule has 2 aromatic rings. The molecule has 1 aromatic carbocycles. The van der Waals surface area contributed by atoms with Gasteiger partial charge in [-0.3, -0.25) is 10.1 Å². The van der Waals surface area contributed by atoms with Gasteiger partial charge in [-0.05, 0) is 90.5 Å². The number of pyridine rings is 1. The Morgan fingerprint density at radius 1 is 1.14 bits per heavy atom. The highest BCUT2D eigenvalue weighted by Gasteiger charge is 2.10. The number of anilines is 1. The largest absolute Gasteiger partial charge is 0.317 e. The number of hydrogen-bond acceptors (Lipinski definition) is 3. The molecule has 4 nitrogen and oxygen atoms in total. The summed E-state index contributed by atoms with van der Waals surface area (Å²) in [4.78, 5) is 16.5. The van der Waals surface area contributed by atoms with E-state index < -0.39 is 0 Å². The maximum Gasteiger partial charge on any atom is 0.257 e. The lowest BCUT2D eigenvalue weighted by Crippen LogP contribution is -2.34. The number of rotatable bonds is 2. The number of amides is 1. The van der Waals surface area contributed by atoms with Crippen LogP contribution in [0.4, 0.5) is 5.82 Å². The van der Waals surface area contributed by atoms with E-state index in [1.165, 1.54) is 0 Å². The SMILES string of the molecule is Cc1ccc(C(=O)NC(=S)Nc2ncc(I)cc2C)cc1C. The van der Waals surface area contributed by atoms with Crippen LogP contribution in [0.25, 0.3) is 0 Å². The lowest BCUT2D eigenvalue weighted by Gasteiger charge is -2.11. The highest BCUT2D eigenvalue weighted by atomic mass is 127. The van der Waals surface area contributed by atoms with Crippen molar-refractivity contribution in [2.24, 2.45) is 0 Å². The van der Waals surface area contributed by atoms with Crippen molar-refractivity contribution < 1.29 is 4.79 Å². The van der Waals surface area contributed by atoms with Crippen molar-refractivity contribution in [3.63, 3.8) is 0 Å². The zero-order chi connectivity index (χ0) is 16.3. The first-order chi connectivity index (χ1) is 10.4. The Labute approximate surface area is 148 Å². The van der Waals surface area contributed by atoms with E-state index in [0.717, 1.165) is 20.3 Å². The second-order valence-corrected chi connectivity index (χ2v) is 6.68. The van der Waals surface area contributed by atoms with Crippen molar-refractivity contribution in [1.29, 1.82) is 0 Å². The molecule has 0 aliphatic carbocycles. The average molecular weight is 425 g/mol. The normalized spacial score (nSPS) is 10.2. The van der Waals surface area contributed by atoms with Gasteiger partial charge < -0.3 is 5.32 Å². The Balaban J connectivity index is 2.05. The van der Waals surface area contributed by atoms with Crippen LogP contribution in [0.2, 0.25) is 0 Å².